The SMILES string of the molecule is CC1(C)CC2(C)CC3N(S(=O)(=O)c4ccc(C(=O)NC5=CC(S(=O)(=O)NCCO)=C(Cl)CC5)cc4)C32C1. The van der Waals surface area contributed by atoms with Gasteiger partial charge >= 0.3 is 0 Å². The Labute approximate surface area is 223 Å². The summed E-state index contributed by atoms with van der Waals surface area (Å²) in [5, 5.41) is 11.8. The van der Waals surface area contributed by atoms with Gasteiger partial charge in [0.15, 0.2) is 0 Å². The molecule has 0 bridgehead atoms. The Morgan fingerprint density at radius 3 is 2.41 bits per heavy atom. The number of sulfonamides is 2. The molecular weight excluding hydrogens is 538 g/mol. The second-order valence-electron chi connectivity index (χ2n) is 11.6. The number of nitrogens with zero attached hydrogens (tertiary/aromatic N) is 1. The third-order valence-corrected chi connectivity index (χ3v) is 12.3. The molecule has 1 saturated heterocycles. The van der Waals surface area contributed by atoms with E-state index in [9.17, 15) is 21.6 Å². The van der Waals surface area contributed by atoms with Crippen molar-refractivity contribution in [1.29, 1.82) is 0 Å². The fraction of sp³-hybridized carbons (Fsp3) is 0.560. The minimum Gasteiger partial charge on any atom is -0.395 e. The summed E-state index contributed by atoms with van der Waals surface area (Å²) in [6.07, 6.45) is 4.63. The molecule has 0 radical (unpaired) electrons. The number of aliphatic hydroxyl groups excluding tert-OH is 1. The van der Waals surface area contributed by atoms with Crippen molar-refractivity contribution in [2.45, 2.75) is 69.4 Å². The van der Waals surface area contributed by atoms with E-state index < -0.39 is 26.0 Å². The quantitative estimate of drug-likeness (QED) is 0.412. The molecule has 37 heavy (non-hydrogen) atoms. The molecule has 2 saturated carbocycles. The third-order valence-electron chi connectivity index (χ3n) is 8.29. The molecule has 1 spiro atoms. The number of amides is 1. The lowest BCUT2D eigenvalue weighted by molar-refractivity contribution is 0.0964. The normalized spacial score (nSPS) is 32.2. The molecule has 0 aromatic heterocycles. The molecule has 3 aliphatic carbocycles. The van der Waals surface area contributed by atoms with Crippen molar-refractivity contribution in [2.75, 3.05) is 13.2 Å². The molecule has 3 N–H and O–H groups in total. The Morgan fingerprint density at radius 1 is 1.11 bits per heavy atom. The Bertz CT molecular complexity index is 1430. The Hall–Kier alpha value is -1.76. The monoisotopic (exact) mass is 569 g/mol. The van der Waals surface area contributed by atoms with Gasteiger partial charge in [0.05, 0.1) is 21.9 Å². The zero-order valence-corrected chi connectivity index (χ0v) is 23.4. The molecule has 1 aliphatic heterocycles. The minimum absolute atomic E-state index is 0.0130. The number of aliphatic hydroxyl groups is 1. The molecule has 5 rings (SSSR count). The van der Waals surface area contributed by atoms with E-state index in [1.807, 2.05) is 0 Å². The van der Waals surface area contributed by atoms with Crippen LogP contribution in [0.5, 0.6) is 0 Å². The fourth-order valence-corrected chi connectivity index (χ4v) is 10.7. The zero-order valence-electron chi connectivity index (χ0n) is 21.0. The van der Waals surface area contributed by atoms with Crippen molar-refractivity contribution in [3.8, 4) is 0 Å². The van der Waals surface area contributed by atoms with Crippen LogP contribution >= 0.6 is 11.6 Å². The van der Waals surface area contributed by atoms with Crippen LogP contribution in [0.4, 0.5) is 0 Å². The minimum atomic E-state index is -3.94. The third kappa shape index (κ3) is 4.18. The lowest BCUT2D eigenvalue weighted by Crippen LogP contribution is -2.43. The first-order valence-electron chi connectivity index (χ1n) is 12.3. The van der Waals surface area contributed by atoms with Gasteiger partial charge in [-0.1, -0.05) is 32.4 Å². The van der Waals surface area contributed by atoms with Crippen molar-refractivity contribution < 1.29 is 26.7 Å². The van der Waals surface area contributed by atoms with Gasteiger partial charge in [-0.05, 0) is 73.3 Å². The Kier molecular flexibility index (Phi) is 6.25. The van der Waals surface area contributed by atoms with Crippen LogP contribution in [0, 0.1) is 10.8 Å². The van der Waals surface area contributed by atoms with Crippen LogP contribution in [-0.2, 0) is 20.0 Å². The van der Waals surface area contributed by atoms with Gasteiger partial charge in [-0.2, -0.15) is 4.31 Å². The van der Waals surface area contributed by atoms with E-state index >= 15 is 0 Å². The highest BCUT2D eigenvalue weighted by molar-refractivity contribution is 7.93. The first-order chi connectivity index (χ1) is 17.2. The molecule has 3 fully saturated rings. The summed E-state index contributed by atoms with van der Waals surface area (Å²) in [5.74, 6) is -0.483. The van der Waals surface area contributed by atoms with Crippen LogP contribution < -0.4 is 10.0 Å². The van der Waals surface area contributed by atoms with E-state index in [2.05, 4.69) is 30.8 Å². The van der Waals surface area contributed by atoms with Crippen LogP contribution in [0.25, 0.3) is 0 Å². The first-order valence-corrected chi connectivity index (χ1v) is 15.6. The molecule has 4 unspecified atom stereocenters. The molecule has 4 aliphatic rings. The largest absolute Gasteiger partial charge is 0.395 e. The van der Waals surface area contributed by atoms with E-state index in [-0.39, 0.29) is 62.4 Å². The van der Waals surface area contributed by atoms with E-state index in [1.54, 1.807) is 4.31 Å². The number of carbonyl (C=O) groups excluding carboxylic acids is 1. The summed E-state index contributed by atoms with van der Waals surface area (Å²) >= 11 is 6.12. The van der Waals surface area contributed by atoms with Gasteiger partial charge < -0.3 is 10.4 Å². The van der Waals surface area contributed by atoms with Crippen molar-refractivity contribution in [3.63, 3.8) is 0 Å². The highest BCUT2D eigenvalue weighted by Gasteiger charge is 2.86. The highest BCUT2D eigenvalue weighted by Crippen LogP contribution is 2.79. The van der Waals surface area contributed by atoms with Crippen LogP contribution in [0.2, 0.25) is 0 Å². The van der Waals surface area contributed by atoms with Crippen molar-refractivity contribution in [3.05, 3.63) is 51.5 Å². The van der Waals surface area contributed by atoms with E-state index in [1.165, 1.54) is 30.3 Å². The predicted octanol–water partition coefficient (Wildman–Crippen LogP) is 2.80. The number of benzene rings is 1. The van der Waals surface area contributed by atoms with Gasteiger partial charge in [0.1, 0.15) is 0 Å². The summed E-state index contributed by atoms with van der Waals surface area (Å²) in [6.45, 7) is 6.09. The second-order valence-corrected chi connectivity index (χ2v) is 15.6. The maximum Gasteiger partial charge on any atom is 0.255 e. The maximum atomic E-state index is 13.5. The number of carbonyl (C=O) groups is 1. The van der Waals surface area contributed by atoms with Gasteiger partial charge in [0, 0.05) is 28.9 Å². The molecule has 1 aromatic carbocycles. The van der Waals surface area contributed by atoms with Gasteiger partial charge in [-0.25, -0.2) is 21.6 Å². The van der Waals surface area contributed by atoms with Gasteiger partial charge in [-0.3, -0.25) is 4.79 Å². The molecule has 1 amide bonds. The smallest absolute Gasteiger partial charge is 0.255 e. The average Bonchev–Trinajstić information content (AvgIpc) is 3.33. The van der Waals surface area contributed by atoms with Gasteiger partial charge in [0.2, 0.25) is 20.0 Å². The molecule has 202 valence electrons. The topological polar surface area (TPSA) is 133 Å². The van der Waals surface area contributed by atoms with E-state index in [0.29, 0.717) is 12.1 Å². The number of nitrogens with one attached hydrogen (secondary N) is 2. The van der Waals surface area contributed by atoms with Crippen molar-refractivity contribution in [1.82, 2.24) is 14.3 Å². The number of rotatable bonds is 8. The summed E-state index contributed by atoms with van der Waals surface area (Å²) in [7, 11) is -7.62. The Morgan fingerprint density at radius 2 is 1.78 bits per heavy atom. The summed E-state index contributed by atoms with van der Waals surface area (Å²) in [5.41, 5.74) is 0.467. The molecule has 1 aromatic rings. The first kappa shape index (κ1) is 26.8. The predicted molar refractivity (Wildman–Crippen MR) is 139 cm³/mol. The molecule has 4 atom stereocenters. The number of hydrogen-bond donors (Lipinski definition) is 3. The van der Waals surface area contributed by atoms with Crippen molar-refractivity contribution in [2.24, 2.45) is 10.8 Å². The van der Waals surface area contributed by atoms with Crippen LogP contribution in [-0.4, -0.2) is 56.9 Å². The molecule has 9 nitrogen and oxygen atoms in total. The van der Waals surface area contributed by atoms with Crippen molar-refractivity contribution >= 4 is 37.6 Å². The number of allylic oxidation sites excluding steroid dienone is 3. The Balaban J connectivity index is 1.30. The van der Waals surface area contributed by atoms with Crippen LogP contribution in [0.15, 0.2) is 50.9 Å². The molecule has 12 heteroatoms. The number of hydrogen-bond acceptors (Lipinski definition) is 6. The van der Waals surface area contributed by atoms with E-state index in [4.69, 9.17) is 16.7 Å². The highest BCUT2D eigenvalue weighted by atomic mass is 35.5. The van der Waals surface area contributed by atoms with Gasteiger partial charge in [-0.15, -0.1) is 0 Å². The lowest BCUT2D eigenvalue weighted by atomic mass is 9.63. The summed E-state index contributed by atoms with van der Waals surface area (Å²) in [4.78, 5) is 12.9. The number of halogens is 1. The molecular formula is C25H32ClN3O6S2. The molecule has 1 heterocycles. The average molecular weight is 570 g/mol. The van der Waals surface area contributed by atoms with Gasteiger partial charge in [0.25, 0.3) is 5.91 Å². The summed E-state index contributed by atoms with van der Waals surface area (Å²) in [6, 6.07) is 5.90. The lowest BCUT2D eigenvalue weighted by Gasteiger charge is -2.39. The standard InChI is InChI=1S/C25H32ClN3O6S2/c1-23(2)14-24(3)13-21-25(24,15-23)29(21)37(34,35)18-7-4-16(5-8-18)22(31)28-17-6-9-19(26)20(12-17)36(32,33)27-10-11-30/h4-5,7-8,12,21,27,30H,6,9-11,13-15H2,1-3H3,(H,28,31). The second kappa shape index (κ2) is 8.62. The fourth-order valence-electron chi connectivity index (χ4n) is 6.99. The maximum absolute atomic E-state index is 13.5. The summed E-state index contributed by atoms with van der Waals surface area (Å²) < 4.78 is 55.8. The van der Waals surface area contributed by atoms with Crippen LogP contribution in [0.1, 0.15) is 63.2 Å². The zero-order chi connectivity index (χ0) is 27.0. The van der Waals surface area contributed by atoms with E-state index in [0.717, 1.165) is 19.3 Å². The van der Waals surface area contributed by atoms with Crippen LogP contribution in [0.3, 0.4) is 0 Å².